The number of carbonyl (C=O) groups excluding carboxylic acids is 1. The van der Waals surface area contributed by atoms with E-state index in [1.54, 1.807) is 0 Å². The van der Waals surface area contributed by atoms with Gasteiger partial charge in [0.2, 0.25) is 0 Å². The molecule has 0 radical (unpaired) electrons. The normalized spacial score (nSPS) is 26.3. The van der Waals surface area contributed by atoms with Crippen LogP contribution in [-0.2, 0) is 4.79 Å². The Kier molecular flexibility index (Phi) is 3.90. The monoisotopic (exact) mass is 212 g/mol. The summed E-state index contributed by atoms with van der Waals surface area (Å²) in [4.78, 5) is 16.7. The molecule has 0 aromatic rings. The summed E-state index contributed by atoms with van der Waals surface area (Å²) in [5, 5.41) is 0. The molecule has 1 aliphatic heterocycles. The first-order valence-corrected chi connectivity index (χ1v) is 5.75. The second kappa shape index (κ2) is 4.62. The van der Waals surface area contributed by atoms with Crippen LogP contribution in [0.25, 0.3) is 0 Å². The van der Waals surface area contributed by atoms with Gasteiger partial charge in [0.05, 0.1) is 6.04 Å². The average Bonchev–Trinajstić information content (AvgIpc) is 2.25. The Bertz CT molecular complexity index is 232. The molecule has 0 aromatic heterocycles. The van der Waals surface area contributed by atoms with Crippen molar-refractivity contribution in [1.29, 1.82) is 0 Å². The summed E-state index contributed by atoms with van der Waals surface area (Å²) in [7, 11) is 4.16. The van der Waals surface area contributed by atoms with Crippen molar-refractivity contribution < 1.29 is 4.79 Å². The number of carbonyl (C=O) groups is 1. The summed E-state index contributed by atoms with van der Waals surface area (Å²) < 4.78 is 0. The lowest BCUT2D eigenvalue weighted by Crippen LogP contribution is -2.48. The van der Waals surface area contributed by atoms with Crippen LogP contribution in [0.3, 0.4) is 0 Å². The fourth-order valence-electron chi connectivity index (χ4n) is 2.05. The highest BCUT2D eigenvalue weighted by molar-refractivity contribution is 5.89. The van der Waals surface area contributed by atoms with E-state index in [2.05, 4.69) is 23.9 Å². The van der Waals surface area contributed by atoms with Gasteiger partial charge in [-0.05, 0) is 33.6 Å². The molecule has 1 saturated heterocycles. The third-order valence-electron chi connectivity index (χ3n) is 3.11. The second-order valence-corrected chi connectivity index (χ2v) is 5.73. The van der Waals surface area contributed by atoms with Crippen molar-refractivity contribution in [2.75, 3.05) is 33.7 Å². The maximum Gasteiger partial charge on any atom is 0.156 e. The highest BCUT2D eigenvalue weighted by Gasteiger charge is 2.33. The van der Waals surface area contributed by atoms with Crippen molar-refractivity contribution in [2.24, 2.45) is 5.41 Å². The van der Waals surface area contributed by atoms with Crippen LogP contribution in [0.2, 0.25) is 0 Å². The largest absolute Gasteiger partial charge is 0.304 e. The fourth-order valence-corrected chi connectivity index (χ4v) is 2.05. The number of Topliss-reactive ketones (excluding diaryl/α,β-unsaturated/α-hetero) is 1. The molecule has 1 rings (SSSR count). The minimum atomic E-state index is -0.232. The second-order valence-electron chi connectivity index (χ2n) is 5.73. The number of ketones is 1. The Labute approximate surface area is 93.4 Å². The summed E-state index contributed by atoms with van der Waals surface area (Å²) in [6, 6.07) is 0.0671. The predicted molar refractivity (Wildman–Crippen MR) is 63.0 cm³/mol. The number of hydrogen-bond acceptors (Lipinski definition) is 3. The quantitative estimate of drug-likeness (QED) is 0.653. The summed E-state index contributed by atoms with van der Waals surface area (Å²) >= 11 is 0. The molecule has 0 aromatic carbocycles. The van der Waals surface area contributed by atoms with E-state index < -0.39 is 0 Å². The van der Waals surface area contributed by atoms with E-state index >= 15 is 0 Å². The maximum atomic E-state index is 12.3. The maximum absolute atomic E-state index is 12.3. The molecule has 0 N–H and O–H groups in total. The molecule has 15 heavy (non-hydrogen) atoms. The van der Waals surface area contributed by atoms with Gasteiger partial charge in [-0.25, -0.2) is 0 Å². The molecule has 88 valence electrons. The standard InChI is InChI=1S/C12H24N2O/c1-12(2,3)11(15)10-9-13(4)7-6-8-14(10)5/h10H,6-9H2,1-5H3. The van der Waals surface area contributed by atoms with Crippen LogP contribution in [0.5, 0.6) is 0 Å². The molecule has 3 nitrogen and oxygen atoms in total. The molecule has 1 fully saturated rings. The van der Waals surface area contributed by atoms with Crippen molar-refractivity contribution in [3.63, 3.8) is 0 Å². The molecule has 0 bridgehead atoms. The van der Waals surface area contributed by atoms with Gasteiger partial charge in [-0.15, -0.1) is 0 Å². The van der Waals surface area contributed by atoms with Crippen LogP contribution in [0.1, 0.15) is 27.2 Å². The molecule has 0 spiro atoms. The van der Waals surface area contributed by atoms with Gasteiger partial charge in [0, 0.05) is 12.0 Å². The Hall–Kier alpha value is -0.410. The van der Waals surface area contributed by atoms with E-state index in [0.29, 0.717) is 5.78 Å². The Morgan fingerprint density at radius 1 is 1.20 bits per heavy atom. The molecule has 0 amide bonds. The van der Waals surface area contributed by atoms with E-state index in [-0.39, 0.29) is 11.5 Å². The zero-order valence-corrected chi connectivity index (χ0v) is 10.7. The van der Waals surface area contributed by atoms with Crippen LogP contribution in [-0.4, -0.2) is 55.4 Å². The topological polar surface area (TPSA) is 23.6 Å². The summed E-state index contributed by atoms with van der Waals surface area (Å²) in [5.74, 6) is 0.360. The van der Waals surface area contributed by atoms with E-state index in [9.17, 15) is 4.79 Å². The van der Waals surface area contributed by atoms with Crippen LogP contribution < -0.4 is 0 Å². The van der Waals surface area contributed by atoms with Crippen LogP contribution in [0.15, 0.2) is 0 Å². The molecule has 1 unspecified atom stereocenters. The zero-order chi connectivity index (χ0) is 11.6. The Morgan fingerprint density at radius 3 is 2.33 bits per heavy atom. The van der Waals surface area contributed by atoms with Crippen molar-refractivity contribution in [2.45, 2.75) is 33.2 Å². The third kappa shape index (κ3) is 3.28. The number of nitrogens with zero attached hydrogens (tertiary/aromatic N) is 2. The van der Waals surface area contributed by atoms with Crippen LogP contribution in [0, 0.1) is 5.41 Å². The summed E-state index contributed by atoms with van der Waals surface area (Å²) in [6.45, 7) is 9.01. The summed E-state index contributed by atoms with van der Waals surface area (Å²) in [6.07, 6.45) is 1.15. The first-order chi connectivity index (χ1) is 6.82. The van der Waals surface area contributed by atoms with Crippen molar-refractivity contribution >= 4 is 5.78 Å². The average molecular weight is 212 g/mol. The van der Waals surface area contributed by atoms with Gasteiger partial charge in [-0.3, -0.25) is 9.69 Å². The molecule has 0 aliphatic carbocycles. The fraction of sp³-hybridized carbons (Fsp3) is 0.917. The highest BCUT2D eigenvalue weighted by Crippen LogP contribution is 2.21. The first-order valence-electron chi connectivity index (χ1n) is 5.75. The number of rotatable bonds is 1. The molecule has 1 heterocycles. The molecule has 0 saturated carbocycles. The lowest BCUT2D eigenvalue weighted by molar-refractivity contribution is -0.131. The highest BCUT2D eigenvalue weighted by atomic mass is 16.1. The number of hydrogen-bond donors (Lipinski definition) is 0. The molecule has 1 aliphatic rings. The van der Waals surface area contributed by atoms with E-state index in [4.69, 9.17) is 0 Å². The molecular formula is C12H24N2O. The summed E-state index contributed by atoms with van der Waals surface area (Å²) in [5.41, 5.74) is -0.232. The van der Waals surface area contributed by atoms with Crippen molar-refractivity contribution in [1.82, 2.24) is 9.80 Å². The van der Waals surface area contributed by atoms with E-state index in [1.165, 1.54) is 0 Å². The van der Waals surface area contributed by atoms with Gasteiger partial charge in [0.1, 0.15) is 0 Å². The lowest BCUT2D eigenvalue weighted by atomic mass is 9.86. The lowest BCUT2D eigenvalue weighted by Gasteiger charge is -2.31. The minimum absolute atomic E-state index is 0.0671. The number of likely N-dealkylation sites (N-methyl/N-ethyl adjacent to an activating group) is 2. The Morgan fingerprint density at radius 2 is 1.80 bits per heavy atom. The smallest absolute Gasteiger partial charge is 0.156 e. The van der Waals surface area contributed by atoms with Gasteiger partial charge < -0.3 is 4.90 Å². The van der Waals surface area contributed by atoms with Gasteiger partial charge in [-0.1, -0.05) is 20.8 Å². The molecule has 1 atom stereocenters. The first kappa shape index (κ1) is 12.7. The zero-order valence-electron chi connectivity index (χ0n) is 10.7. The third-order valence-corrected chi connectivity index (χ3v) is 3.11. The van der Waals surface area contributed by atoms with Gasteiger partial charge in [-0.2, -0.15) is 0 Å². The van der Waals surface area contributed by atoms with E-state index in [0.717, 1.165) is 26.1 Å². The minimum Gasteiger partial charge on any atom is -0.304 e. The van der Waals surface area contributed by atoms with Gasteiger partial charge in [0.25, 0.3) is 0 Å². The molecule has 3 heteroatoms. The molecular weight excluding hydrogens is 188 g/mol. The van der Waals surface area contributed by atoms with Gasteiger partial charge >= 0.3 is 0 Å². The SMILES string of the molecule is CN1CCCN(C)C(C(=O)C(C)(C)C)C1. The van der Waals surface area contributed by atoms with Crippen molar-refractivity contribution in [3.8, 4) is 0 Å². The van der Waals surface area contributed by atoms with Gasteiger partial charge in [0.15, 0.2) is 5.78 Å². The predicted octanol–water partition coefficient (Wildman–Crippen LogP) is 1.24. The van der Waals surface area contributed by atoms with E-state index in [1.807, 2.05) is 20.8 Å². The van der Waals surface area contributed by atoms with Crippen molar-refractivity contribution in [3.05, 3.63) is 0 Å². The van der Waals surface area contributed by atoms with Crippen LogP contribution >= 0.6 is 0 Å². The van der Waals surface area contributed by atoms with Crippen LogP contribution in [0.4, 0.5) is 0 Å². The Balaban J connectivity index is 2.76.